The summed E-state index contributed by atoms with van der Waals surface area (Å²) in [6.45, 7) is 0. The second kappa shape index (κ2) is 6.58. The lowest BCUT2D eigenvalue weighted by molar-refractivity contribution is 0.425. The maximum Gasteiger partial charge on any atom is 0.258 e. The zero-order valence-corrected chi connectivity index (χ0v) is 13.8. The molecule has 1 aromatic carbocycles. The van der Waals surface area contributed by atoms with Crippen LogP contribution in [0.4, 0.5) is 4.39 Å². The number of thiophene rings is 1. The van der Waals surface area contributed by atoms with E-state index in [1.54, 1.807) is 29.7 Å². The van der Waals surface area contributed by atoms with E-state index < -0.39 is 0 Å². The highest BCUT2D eigenvalue weighted by atomic mass is 32.2. The van der Waals surface area contributed by atoms with Gasteiger partial charge in [-0.1, -0.05) is 16.9 Å². The Bertz CT molecular complexity index is 933. The molecule has 0 saturated carbocycles. The summed E-state index contributed by atoms with van der Waals surface area (Å²) in [7, 11) is 0. The summed E-state index contributed by atoms with van der Waals surface area (Å²) in [4.78, 5) is 8.54. The SMILES string of the molecule is Fc1ccc(-c2cnc(SCc3noc(-c4ccsc4)n3)o2)cc1. The predicted molar refractivity (Wildman–Crippen MR) is 89.1 cm³/mol. The van der Waals surface area contributed by atoms with E-state index in [1.165, 1.54) is 23.9 Å². The fraction of sp³-hybridized carbons (Fsp3) is 0.0625. The first-order chi connectivity index (χ1) is 11.8. The van der Waals surface area contributed by atoms with E-state index in [-0.39, 0.29) is 5.82 Å². The highest BCUT2D eigenvalue weighted by Gasteiger charge is 2.12. The minimum absolute atomic E-state index is 0.286. The molecule has 8 heteroatoms. The van der Waals surface area contributed by atoms with Gasteiger partial charge in [-0.3, -0.25) is 0 Å². The molecule has 3 heterocycles. The molecule has 120 valence electrons. The molecule has 0 fully saturated rings. The van der Waals surface area contributed by atoms with E-state index >= 15 is 0 Å². The molecule has 0 bridgehead atoms. The average molecular weight is 359 g/mol. The van der Waals surface area contributed by atoms with Crippen molar-refractivity contribution < 1.29 is 13.3 Å². The third kappa shape index (κ3) is 3.24. The van der Waals surface area contributed by atoms with Crippen molar-refractivity contribution in [3.63, 3.8) is 0 Å². The van der Waals surface area contributed by atoms with Crippen LogP contribution in [-0.4, -0.2) is 15.1 Å². The van der Waals surface area contributed by atoms with Crippen LogP contribution in [0.5, 0.6) is 0 Å². The van der Waals surface area contributed by atoms with E-state index in [9.17, 15) is 4.39 Å². The lowest BCUT2D eigenvalue weighted by atomic mass is 10.2. The highest BCUT2D eigenvalue weighted by Crippen LogP contribution is 2.28. The normalized spacial score (nSPS) is 11.0. The van der Waals surface area contributed by atoms with Crippen LogP contribution in [0.15, 0.2) is 61.5 Å². The van der Waals surface area contributed by atoms with Gasteiger partial charge < -0.3 is 8.94 Å². The van der Waals surface area contributed by atoms with Gasteiger partial charge in [0.25, 0.3) is 11.1 Å². The fourth-order valence-corrected chi connectivity index (χ4v) is 3.29. The van der Waals surface area contributed by atoms with Crippen LogP contribution in [0.1, 0.15) is 5.82 Å². The Kier molecular flexibility index (Phi) is 4.14. The van der Waals surface area contributed by atoms with Crippen molar-refractivity contribution in [2.75, 3.05) is 0 Å². The molecule has 5 nitrogen and oxygen atoms in total. The van der Waals surface area contributed by atoms with Gasteiger partial charge in [0.1, 0.15) is 5.82 Å². The quantitative estimate of drug-likeness (QED) is 0.473. The molecule has 0 atom stereocenters. The Morgan fingerprint density at radius 1 is 1.12 bits per heavy atom. The Morgan fingerprint density at radius 3 is 2.79 bits per heavy atom. The summed E-state index contributed by atoms with van der Waals surface area (Å²) < 4.78 is 23.8. The van der Waals surface area contributed by atoms with Crippen LogP contribution < -0.4 is 0 Å². The number of nitrogens with zero attached hydrogens (tertiary/aromatic N) is 3. The monoisotopic (exact) mass is 359 g/mol. The minimum Gasteiger partial charge on any atom is -0.431 e. The van der Waals surface area contributed by atoms with Gasteiger partial charge in [-0.25, -0.2) is 9.37 Å². The molecule has 0 radical (unpaired) electrons. The van der Waals surface area contributed by atoms with Gasteiger partial charge in [-0.2, -0.15) is 16.3 Å². The summed E-state index contributed by atoms with van der Waals surface area (Å²) in [6.07, 6.45) is 1.61. The first kappa shape index (κ1) is 15.1. The van der Waals surface area contributed by atoms with Crippen molar-refractivity contribution >= 4 is 23.1 Å². The van der Waals surface area contributed by atoms with Gasteiger partial charge in [0.05, 0.1) is 17.5 Å². The summed E-state index contributed by atoms with van der Waals surface area (Å²) in [5.74, 6) is 1.86. The smallest absolute Gasteiger partial charge is 0.258 e. The zero-order valence-electron chi connectivity index (χ0n) is 12.2. The van der Waals surface area contributed by atoms with Gasteiger partial charge in [0, 0.05) is 10.9 Å². The molecular weight excluding hydrogens is 349 g/mol. The number of oxazole rings is 1. The van der Waals surface area contributed by atoms with Gasteiger partial charge in [-0.05, 0) is 35.7 Å². The van der Waals surface area contributed by atoms with Crippen LogP contribution in [0, 0.1) is 5.82 Å². The summed E-state index contributed by atoms with van der Waals surface area (Å²) in [5, 5.41) is 8.35. The number of aromatic nitrogens is 3. The molecule has 4 aromatic rings. The molecule has 24 heavy (non-hydrogen) atoms. The van der Waals surface area contributed by atoms with Crippen LogP contribution in [-0.2, 0) is 5.75 Å². The van der Waals surface area contributed by atoms with E-state index in [1.807, 2.05) is 16.8 Å². The lowest BCUT2D eigenvalue weighted by Gasteiger charge is -1.95. The van der Waals surface area contributed by atoms with Crippen molar-refractivity contribution in [2.24, 2.45) is 0 Å². The molecule has 0 spiro atoms. The second-order valence-electron chi connectivity index (χ2n) is 4.81. The van der Waals surface area contributed by atoms with E-state index in [0.29, 0.717) is 28.5 Å². The maximum atomic E-state index is 12.9. The van der Waals surface area contributed by atoms with Crippen molar-refractivity contribution in [3.8, 4) is 22.8 Å². The molecule has 0 N–H and O–H groups in total. The number of halogens is 1. The molecule has 0 aliphatic carbocycles. The first-order valence-electron chi connectivity index (χ1n) is 6.98. The Labute approximate surface area is 144 Å². The largest absolute Gasteiger partial charge is 0.431 e. The minimum atomic E-state index is -0.286. The third-order valence-electron chi connectivity index (χ3n) is 3.17. The molecule has 0 saturated heterocycles. The number of rotatable bonds is 5. The average Bonchev–Trinajstić information content (AvgIpc) is 3.34. The standard InChI is InChI=1S/C16H10FN3O2S2/c17-12-3-1-10(2-4-12)13-7-18-16(21-13)24-9-14-19-15(22-20-14)11-5-6-23-8-11/h1-8H,9H2. The van der Waals surface area contributed by atoms with Gasteiger partial charge >= 0.3 is 0 Å². The van der Waals surface area contributed by atoms with Crippen molar-refractivity contribution in [2.45, 2.75) is 11.0 Å². The summed E-state index contributed by atoms with van der Waals surface area (Å²) in [5.41, 5.74) is 1.69. The topological polar surface area (TPSA) is 65.0 Å². The van der Waals surface area contributed by atoms with Gasteiger partial charge in [-0.15, -0.1) is 0 Å². The molecule has 0 aliphatic rings. The van der Waals surface area contributed by atoms with Crippen molar-refractivity contribution in [1.82, 2.24) is 15.1 Å². The lowest BCUT2D eigenvalue weighted by Crippen LogP contribution is -1.83. The van der Waals surface area contributed by atoms with Crippen LogP contribution in [0.2, 0.25) is 0 Å². The van der Waals surface area contributed by atoms with Crippen LogP contribution in [0.25, 0.3) is 22.8 Å². The summed E-state index contributed by atoms with van der Waals surface area (Å²) >= 11 is 2.94. The molecule has 0 amide bonds. The first-order valence-corrected chi connectivity index (χ1v) is 8.90. The van der Waals surface area contributed by atoms with Crippen LogP contribution in [0.3, 0.4) is 0 Å². The van der Waals surface area contributed by atoms with Gasteiger partial charge in [0.2, 0.25) is 0 Å². The van der Waals surface area contributed by atoms with E-state index in [4.69, 9.17) is 8.94 Å². The zero-order chi connectivity index (χ0) is 16.4. The third-order valence-corrected chi connectivity index (χ3v) is 4.70. The maximum absolute atomic E-state index is 12.9. The number of hydrogen-bond donors (Lipinski definition) is 0. The van der Waals surface area contributed by atoms with E-state index in [0.717, 1.165) is 11.1 Å². The van der Waals surface area contributed by atoms with E-state index in [2.05, 4.69) is 15.1 Å². The van der Waals surface area contributed by atoms with Gasteiger partial charge in [0.15, 0.2) is 11.6 Å². The molecular formula is C16H10FN3O2S2. The predicted octanol–water partition coefficient (Wildman–Crippen LogP) is 4.88. The van der Waals surface area contributed by atoms with Crippen molar-refractivity contribution in [1.29, 1.82) is 0 Å². The van der Waals surface area contributed by atoms with Crippen LogP contribution >= 0.6 is 23.1 Å². The second-order valence-corrected chi connectivity index (χ2v) is 6.52. The number of benzene rings is 1. The Hall–Kier alpha value is -2.45. The highest BCUT2D eigenvalue weighted by molar-refractivity contribution is 7.98. The summed E-state index contributed by atoms with van der Waals surface area (Å²) in [6, 6.07) is 8.00. The number of hydrogen-bond acceptors (Lipinski definition) is 7. The Morgan fingerprint density at radius 2 is 2.00 bits per heavy atom. The fourth-order valence-electron chi connectivity index (χ4n) is 2.01. The molecule has 0 aliphatic heterocycles. The Balaban J connectivity index is 1.42. The number of thioether (sulfide) groups is 1. The molecule has 4 rings (SSSR count). The molecule has 3 aromatic heterocycles. The van der Waals surface area contributed by atoms with Crippen molar-refractivity contribution in [3.05, 3.63) is 58.9 Å². The molecule has 0 unspecified atom stereocenters.